The molecule has 0 atom stereocenters. The molecule has 0 bridgehead atoms. The van der Waals surface area contributed by atoms with E-state index in [0.717, 1.165) is 0 Å². The van der Waals surface area contributed by atoms with Crippen LogP contribution in [-0.4, -0.2) is 32.4 Å². The molecular formula is C16H16O6. The molecule has 116 valence electrons. The summed E-state index contributed by atoms with van der Waals surface area (Å²) in [7, 11) is 0. The molecule has 2 rings (SSSR count). The minimum Gasteiger partial charge on any atom is -0.478 e. The zero-order valence-corrected chi connectivity index (χ0v) is 11.6. The van der Waals surface area contributed by atoms with Crippen molar-refractivity contribution in [2.24, 2.45) is 0 Å². The Bertz CT molecular complexity index is 593. The highest BCUT2D eigenvalue weighted by molar-refractivity contribution is 5.89. The molecule has 0 amide bonds. The van der Waals surface area contributed by atoms with E-state index < -0.39 is 11.9 Å². The maximum Gasteiger partial charge on any atom is 0.336 e. The summed E-state index contributed by atoms with van der Waals surface area (Å²) in [6.07, 6.45) is 0. The Labute approximate surface area is 126 Å². The SMILES string of the molecule is O=C(O)c1ccccc1CO.O=C(O)c1ccccc1CO. The molecule has 0 unspecified atom stereocenters. The fraction of sp³-hybridized carbons (Fsp3) is 0.125. The Kier molecular flexibility index (Phi) is 6.75. The molecule has 6 nitrogen and oxygen atoms in total. The minimum absolute atomic E-state index is 0.162. The van der Waals surface area contributed by atoms with Gasteiger partial charge < -0.3 is 20.4 Å². The number of benzene rings is 2. The van der Waals surface area contributed by atoms with E-state index in [9.17, 15) is 9.59 Å². The molecule has 2 aromatic rings. The van der Waals surface area contributed by atoms with Gasteiger partial charge in [0.1, 0.15) is 0 Å². The van der Waals surface area contributed by atoms with Gasteiger partial charge in [0.15, 0.2) is 0 Å². The average Bonchev–Trinajstić information content (AvgIpc) is 2.55. The van der Waals surface area contributed by atoms with Crippen molar-refractivity contribution in [2.45, 2.75) is 13.2 Å². The molecule has 6 heteroatoms. The van der Waals surface area contributed by atoms with Crippen LogP contribution < -0.4 is 0 Å². The highest BCUT2D eigenvalue weighted by Crippen LogP contribution is 2.08. The van der Waals surface area contributed by atoms with Gasteiger partial charge in [0.25, 0.3) is 0 Å². The third-order valence-electron chi connectivity index (χ3n) is 2.84. The fourth-order valence-electron chi connectivity index (χ4n) is 1.73. The van der Waals surface area contributed by atoms with Crippen molar-refractivity contribution in [2.75, 3.05) is 0 Å². The van der Waals surface area contributed by atoms with E-state index in [1.165, 1.54) is 12.1 Å². The zero-order valence-electron chi connectivity index (χ0n) is 11.6. The molecule has 0 saturated carbocycles. The van der Waals surface area contributed by atoms with Gasteiger partial charge in [0.05, 0.1) is 24.3 Å². The quantitative estimate of drug-likeness (QED) is 0.684. The third kappa shape index (κ3) is 4.69. The molecule has 0 aliphatic carbocycles. The van der Waals surface area contributed by atoms with E-state index >= 15 is 0 Å². The number of hydrogen-bond donors (Lipinski definition) is 4. The van der Waals surface area contributed by atoms with Crippen LogP contribution in [0.4, 0.5) is 0 Å². The van der Waals surface area contributed by atoms with E-state index in [4.69, 9.17) is 20.4 Å². The molecule has 2 aromatic carbocycles. The predicted molar refractivity (Wildman–Crippen MR) is 78.6 cm³/mol. The first kappa shape index (κ1) is 17.4. The average molecular weight is 304 g/mol. The van der Waals surface area contributed by atoms with Crippen LogP contribution >= 0.6 is 0 Å². The molecule has 0 aliphatic rings. The van der Waals surface area contributed by atoms with Crippen molar-refractivity contribution in [1.29, 1.82) is 0 Å². The summed E-state index contributed by atoms with van der Waals surface area (Å²) in [6, 6.07) is 12.7. The monoisotopic (exact) mass is 304 g/mol. The predicted octanol–water partition coefficient (Wildman–Crippen LogP) is 1.75. The van der Waals surface area contributed by atoms with Crippen LogP contribution in [0.5, 0.6) is 0 Å². The maximum atomic E-state index is 10.5. The lowest BCUT2D eigenvalue weighted by atomic mass is 10.1. The van der Waals surface area contributed by atoms with Gasteiger partial charge in [-0.15, -0.1) is 0 Å². The second-order valence-corrected chi connectivity index (χ2v) is 4.24. The molecule has 0 radical (unpaired) electrons. The van der Waals surface area contributed by atoms with Crippen LogP contribution in [0.15, 0.2) is 48.5 Å². The first-order valence-electron chi connectivity index (χ1n) is 6.35. The molecular weight excluding hydrogens is 288 g/mol. The lowest BCUT2D eigenvalue weighted by Gasteiger charge is -1.99. The van der Waals surface area contributed by atoms with Crippen molar-refractivity contribution >= 4 is 11.9 Å². The Morgan fingerprint density at radius 3 is 1.23 bits per heavy atom. The Morgan fingerprint density at radius 1 is 0.682 bits per heavy atom. The van der Waals surface area contributed by atoms with Crippen LogP contribution in [0.25, 0.3) is 0 Å². The summed E-state index contributed by atoms with van der Waals surface area (Å²) in [4.78, 5) is 20.9. The summed E-state index contributed by atoms with van der Waals surface area (Å²) in [5.41, 5.74) is 1.21. The van der Waals surface area contributed by atoms with Gasteiger partial charge in [-0.2, -0.15) is 0 Å². The topological polar surface area (TPSA) is 115 Å². The number of carboxylic acid groups (broad SMARTS) is 2. The lowest BCUT2D eigenvalue weighted by Crippen LogP contribution is -2.01. The standard InChI is InChI=1S/2C8H8O3/c2*9-5-6-3-1-2-4-7(6)8(10)11/h2*1-4,9H,5H2,(H,10,11). The van der Waals surface area contributed by atoms with Gasteiger partial charge in [-0.05, 0) is 23.3 Å². The molecule has 0 aliphatic heterocycles. The molecule has 0 saturated heterocycles. The zero-order chi connectivity index (χ0) is 16.5. The summed E-state index contributed by atoms with van der Waals surface area (Å²) in [5, 5.41) is 34.6. The van der Waals surface area contributed by atoms with E-state index in [1.54, 1.807) is 36.4 Å². The number of aliphatic hydroxyl groups is 2. The van der Waals surface area contributed by atoms with E-state index in [-0.39, 0.29) is 24.3 Å². The number of hydrogen-bond acceptors (Lipinski definition) is 4. The van der Waals surface area contributed by atoms with E-state index in [0.29, 0.717) is 11.1 Å². The number of rotatable bonds is 4. The van der Waals surface area contributed by atoms with Crippen LogP contribution in [0.2, 0.25) is 0 Å². The molecule has 22 heavy (non-hydrogen) atoms. The van der Waals surface area contributed by atoms with Gasteiger partial charge in [0, 0.05) is 0 Å². The summed E-state index contributed by atoms with van der Waals surface area (Å²) in [5.74, 6) is -2.01. The number of aliphatic hydroxyl groups excluding tert-OH is 2. The Balaban J connectivity index is 0.000000220. The number of carbonyl (C=O) groups is 2. The number of aromatic carboxylic acids is 2. The molecule has 0 heterocycles. The van der Waals surface area contributed by atoms with Crippen LogP contribution in [0.3, 0.4) is 0 Å². The third-order valence-corrected chi connectivity index (χ3v) is 2.84. The second-order valence-electron chi connectivity index (χ2n) is 4.24. The molecule has 0 fully saturated rings. The first-order valence-corrected chi connectivity index (χ1v) is 6.35. The minimum atomic E-state index is -1.00. The Morgan fingerprint density at radius 2 is 1.00 bits per heavy atom. The lowest BCUT2D eigenvalue weighted by molar-refractivity contribution is 0.0682. The summed E-state index contributed by atoms with van der Waals surface area (Å²) >= 11 is 0. The van der Waals surface area contributed by atoms with Gasteiger partial charge in [0.2, 0.25) is 0 Å². The highest BCUT2D eigenvalue weighted by atomic mass is 16.4. The highest BCUT2D eigenvalue weighted by Gasteiger charge is 2.07. The van der Waals surface area contributed by atoms with Crippen molar-refractivity contribution in [3.8, 4) is 0 Å². The second kappa shape index (κ2) is 8.56. The molecule has 0 spiro atoms. The van der Waals surface area contributed by atoms with Gasteiger partial charge >= 0.3 is 11.9 Å². The molecule has 0 aromatic heterocycles. The molecule has 4 N–H and O–H groups in total. The first-order chi connectivity index (χ1) is 10.5. The Hall–Kier alpha value is -2.70. The maximum absolute atomic E-state index is 10.5. The summed E-state index contributed by atoms with van der Waals surface area (Å²) in [6.45, 7) is -0.467. The van der Waals surface area contributed by atoms with Gasteiger partial charge in [-0.25, -0.2) is 9.59 Å². The number of carboxylic acids is 2. The van der Waals surface area contributed by atoms with Crippen molar-refractivity contribution in [1.82, 2.24) is 0 Å². The van der Waals surface area contributed by atoms with Crippen molar-refractivity contribution < 1.29 is 30.0 Å². The van der Waals surface area contributed by atoms with Crippen LogP contribution in [-0.2, 0) is 13.2 Å². The smallest absolute Gasteiger partial charge is 0.336 e. The van der Waals surface area contributed by atoms with Crippen molar-refractivity contribution in [3.63, 3.8) is 0 Å². The van der Waals surface area contributed by atoms with Gasteiger partial charge in [-0.1, -0.05) is 36.4 Å². The largest absolute Gasteiger partial charge is 0.478 e. The van der Waals surface area contributed by atoms with Gasteiger partial charge in [-0.3, -0.25) is 0 Å². The van der Waals surface area contributed by atoms with Crippen molar-refractivity contribution in [3.05, 3.63) is 70.8 Å². The normalized spacial score (nSPS) is 9.55. The van der Waals surface area contributed by atoms with E-state index in [2.05, 4.69) is 0 Å². The van der Waals surface area contributed by atoms with Crippen LogP contribution in [0, 0.1) is 0 Å². The summed E-state index contributed by atoms with van der Waals surface area (Å²) < 4.78 is 0. The van der Waals surface area contributed by atoms with Crippen LogP contribution in [0.1, 0.15) is 31.8 Å². The van der Waals surface area contributed by atoms with E-state index in [1.807, 2.05) is 0 Å². The fourth-order valence-corrected chi connectivity index (χ4v) is 1.73.